The summed E-state index contributed by atoms with van der Waals surface area (Å²) in [5.41, 5.74) is -2.87. The van der Waals surface area contributed by atoms with Gasteiger partial charge in [0.05, 0.1) is 12.0 Å². The van der Waals surface area contributed by atoms with Crippen LogP contribution < -0.4 is 0 Å². The first-order valence-electron chi connectivity index (χ1n) is 7.05. The van der Waals surface area contributed by atoms with Crippen molar-refractivity contribution in [3.63, 3.8) is 0 Å². The summed E-state index contributed by atoms with van der Waals surface area (Å²) in [6, 6.07) is 2.39. The monoisotopic (exact) mass is 346 g/mol. The molecule has 2 rings (SSSR count). The van der Waals surface area contributed by atoms with E-state index in [1.165, 1.54) is 0 Å². The molecule has 4 nitrogen and oxygen atoms in total. The number of carbonyl (C=O) groups excluding carboxylic acids is 1. The van der Waals surface area contributed by atoms with Crippen LogP contribution >= 0.6 is 0 Å². The van der Waals surface area contributed by atoms with Crippen molar-refractivity contribution in [2.24, 2.45) is 0 Å². The SMILES string of the molecule is C=C(CC(=O)OC1(c2ccc(C(F)(F)F)c(F)c2)CCC1)C(=O)O. The van der Waals surface area contributed by atoms with E-state index in [1.807, 2.05) is 0 Å². The Morgan fingerprint density at radius 2 is 1.92 bits per heavy atom. The van der Waals surface area contributed by atoms with Crippen molar-refractivity contribution in [2.75, 3.05) is 0 Å². The molecule has 1 N–H and O–H groups in total. The molecular weight excluding hydrogens is 332 g/mol. The van der Waals surface area contributed by atoms with Gasteiger partial charge in [-0.1, -0.05) is 12.6 Å². The minimum Gasteiger partial charge on any atom is -0.478 e. The summed E-state index contributed by atoms with van der Waals surface area (Å²) in [6.07, 6.45) is -4.08. The number of alkyl halides is 3. The van der Waals surface area contributed by atoms with Crippen LogP contribution in [0.25, 0.3) is 0 Å². The lowest BCUT2D eigenvalue weighted by Crippen LogP contribution is -2.39. The molecule has 1 aromatic rings. The number of benzene rings is 1. The molecule has 24 heavy (non-hydrogen) atoms. The van der Waals surface area contributed by atoms with E-state index in [0.29, 0.717) is 31.4 Å². The molecule has 0 heterocycles. The van der Waals surface area contributed by atoms with Crippen LogP contribution in [0.3, 0.4) is 0 Å². The number of rotatable bonds is 5. The standard InChI is InChI=1S/C16H14F4O4/c1-9(14(22)23)7-13(21)24-15(5-2-6-15)10-3-4-11(12(17)8-10)16(18,19)20/h3-4,8H,1-2,5-7H2,(H,22,23). The van der Waals surface area contributed by atoms with Crippen LogP contribution in [-0.2, 0) is 26.1 Å². The summed E-state index contributed by atoms with van der Waals surface area (Å²) >= 11 is 0. The normalized spacial score (nSPS) is 16.2. The molecule has 0 atom stereocenters. The Balaban J connectivity index is 2.21. The van der Waals surface area contributed by atoms with Crippen molar-refractivity contribution in [1.29, 1.82) is 0 Å². The Hall–Kier alpha value is -2.38. The van der Waals surface area contributed by atoms with E-state index in [9.17, 15) is 27.2 Å². The van der Waals surface area contributed by atoms with E-state index in [4.69, 9.17) is 9.84 Å². The summed E-state index contributed by atoms with van der Waals surface area (Å²) in [5, 5.41) is 8.70. The van der Waals surface area contributed by atoms with Gasteiger partial charge in [-0.3, -0.25) is 4.79 Å². The lowest BCUT2D eigenvalue weighted by atomic mass is 9.74. The van der Waals surface area contributed by atoms with Gasteiger partial charge in [0.1, 0.15) is 11.4 Å². The van der Waals surface area contributed by atoms with Crippen LogP contribution in [0, 0.1) is 5.82 Å². The average molecular weight is 346 g/mol. The van der Waals surface area contributed by atoms with E-state index in [1.54, 1.807) is 0 Å². The molecule has 0 bridgehead atoms. The van der Waals surface area contributed by atoms with E-state index >= 15 is 0 Å². The minimum atomic E-state index is -4.81. The first kappa shape index (κ1) is 18.0. The van der Waals surface area contributed by atoms with Crippen LogP contribution in [0.15, 0.2) is 30.4 Å². The third kappa shape index (κ3) is 3.58. The molecule has 0 aromatic heterocycles. The number of carboxylic acid groups (broad SMARTS) is 1. The number of ether oxygens (including phenoxy) is 1. The van der Waals surface area contributed by atoms with Crippen LogP contribution in [0.5, 0.6) is 0 Å². The second kappa shape index (κ2) is 6.26. The van der Waals surface area contributed by atoms with Gasteiger partial charge in [-0.15, -0.1) is 0 Å². The number of aliphatic carboxylic acids is 1. The molecule has 0 unspecified atom stereocenters. The summed E-state index contributed by atoms with van der Waals surface area (Å²) in [4.78, 5) is 22.5. The van der Waals surface area contributed by atoms with Gasteiger partial charge < -0.3 is 9.84 Å². The van der Waals surface area contributed by atoms with Gasteiger partial charge in [-0.2, -0.15) is 13.2 Å². The maximum atomic E-state index is 13.7. The molecule has 0 saturated heterocycles. The third-order valence-corrected chi connectivity index (χ3v) is 3.93. The second-order valence-electron chi connectivity index (χ2n) is 5.60. The highest BCUT2D eigenvalue weighted by atomic mass is 19.4. The number of halogens is 4. The van der Waals surface area contributed by atoms with Gasteiger partial charge in [0.25, 0.3) is 0 Å². The Morgan fingerprint density at radius 3 is 2.33 bits per heavy atom. The van der Waals surface area contributed by atoms with Crippen LogP contribution in [0.1, 0.15) is 36.8 Å². The number of hydrogen-bond acceptors (Lipinski definition) is 3. The van der Waals surface area contributed by atoms with Gasteiger partial charge in [0.2, 0.25) is 0 Å². The third-order valence-electron chi connectivity index (χ3n) is 3.93. The zero-order valence-corrected chi connectivity index (χ0v) is 12.5. The van der Waals surface area contributed by atoms with Gasteiger partial charge in [0, 0.05) is 5.57 Å². The molecule has 1 aliphatic carbocycles. The lowest BCUT2D eigenvalue weighted by Gasteiger charge is -2.41. The zero-order chi connectivity index (χ0) is 18.1. The minimum absolute atomic E-state index is 0.119. The molecule has 130 valence electrons. The molecule has 8 heteroatoms. The van der Waals surface area contributed by atoms with Crippen molar-refractivity contribution in [2.45, 2.75) is 37.5 Å². The van der Waals surface area contributed by atoms with Gasteiger partial charge in [0.15, 0.2) is 0 Å². The number of carbonyl (C=O) groups is 2. The van der Waals surface area contributed by atoms with Crippen LogP contribution in [0.4, 0.5) is 17.6 Å². The zero-order valence-electron chi connectivity index (χ0n) is 12.5. The second-order valence-corrected chi connectivity index (χ2v) is 5.60. The highest BCUT2D eigenvalue weighted by Gasteiger charge is 2.44. The lowest BCUT2D eigenvalue weighted by molar-refractivity contribution is -0.171. The van der Waals surface area contributed by atoms with Crippen LogP contribution in [-0.4, -0.2) is 17.0 Å². The largest absolute Gasteiger partial charge is 0.478 e. The fourth-order valence-electron chi connectivity index (χ4n) is 2.48. The highest BCUT2D eigenvalue weighted by molar-refractivity contribution is 5.91. The first-order chi connectivity index (χ1) is 11.0. The smallest absolute Gasteiger partial charge is 0.419 e. The maximum absolute atomic E-state index is 13.7. The summed E-state index contributed by atoms with van der Waals surface area (Å²) < 4.78 is 56.8. The van der Waals surface area contributed by atoms with E-state index in [0.717, 1.165) is 6.07 Å². The average Bonchev–Trinajstić information content (AvgIpc) is 2.41. The molecule has 1 fully saturated rings. The topological polar surface area (TPSA) is 63.6 Å². The van der Waals surface area contributed by atoms with Gasteiger partial charge >= 0.3 is 18.1 Å². The van der Waals surface area contributed by atoms with Crippen LogP contribution in [0.2, 0.25) is 0 Å². The van der Waals surface area contributed by atoms with Crippen molar-refractivity contribution in [3.05, 3.63) is 47.3 Å². The molecule has 0 amide bonds. The first-order valence-corrected chi connectivity index (χ1v) is 7.05. The Kier molecular flexibility index (Phi) is 4.68. The van der Waals surface area contributed by atoms with E-state index < -0.39 is 41.5 Å². The quantitative estimate of drug-likeness (QED) is 0.500. The van der Waals surface area contributed by atoms with Crippen molar-refractivity contribution in [1.82, 2.24) is 0 Å². The maximum Gasteiger partial charge on any atom is 0.419 e. The van der Waals surface area contributed by atoms with E-state index in [-0.39, 0.29) is 11.1 Å². The highest BCUT2D eigenvalue weighted by Crippen LogP contribution is 2.46. The Morgan fingerprint density at radius 1 is 1.29 bits per heavy atom. The van der Waals surface area contributed by atoms with Crippen molar-refractivity contribution >= 4 is 11.9 Å². The Labute approximate surface area is 134 Å². The van der Waals surface area contributed by atoms with Gasteiger partial charge in [-0.05, 0) is 37.0 Å². The van der Waals surface area contributed by atoms with Crippen molar-refractivity contribution in [3.8, 4) is 0 Å². The fraction of sp³-hybridized carbons (Fsp3) is 0.375. The van der Waals surface area contributed by atoms with Crippen molar-refractivity contribution < 1.29 is 37.0 Å². The number of hydrogen-bond donors (Lipinski definition) is 1. The molecule has 1 aromatic carbocycles. The fourth-order valence-corrected chi connectivity index (χ4v) is 2.48. The molecular formula is C16H14F4O4. The summed E-state index contributed by atoms with van der Waals surface area (Å²) in [5.74, 6) is -3.67. The predicted molar refractivity (Wildman–Crippen MR) is 74.4 cm³/mol. The molecule has 1 saturated carbocycles. The molecule has 0 radical (unpaired) electrons. The Bertz CT molecular complexity index is 690. The number of esters is 1. The molecule has 0 aliphatic heterocycles. The predicted octanol–water partition coefficient (Wildman–Crippen LogP) is 3.80. The molecule has 0 spiro atoms. The summed E-state index contributed by atoms with van der Waals surface area (Å²) in [6.45, 7) is 3.21. The van der Waals surface area contributed by atoms with Gasteiger partial charge in [-0.25, -0.2) is 9.18 Å². The summed E-state index contributed by atoms with van der Waals surface area (Å²) in [7, 11) is 0. The molecule has 1 aliphatic rings. The van der Waals surface area contributed by atoms with E-state index in [2.05, 4.69) is 6.58 Å². The number of carboxylic acids is 1.